The molecular formula is C34H45Cl2N5O3. The molecule has 2 heterocycles. The van der Waals surface area contributed by atoms with Crippen molar-refractivity contribution in [3.05, 3.63) is 73.3 Å². The van der Waals surface area contributed by atoms with Crippen molar-refractivity contribution >= 4 is 59.0 Å². The van der Waals surface area contributed by atoms with Gasteiger partial charge in [-0.15, -0.1) is 0 Å². The number of nitrogens with one attached hydrogen (secondary N) is 3. The Labute approximate surface area is 270 Å². The molecule has 3 aromatic rings. The molecule has 2 aromatic heterocycles. The minimum absolute atomic E-state index is 0.120. The van der Waals surface area contributed by atoms with Gasteiger partial charge in [0.05, 0.1) is 16.7 Å². The molecule has 0 spiro atoms. The summed E-state index contributed by atoms with van der Waals surface area (Å²) in [7, 11) is 2.10. The van der Waals surface area contributed by atoms with E-state index in [1.54, 1.807) is 19.1 Å². The molecule has 0 saturated carbocycles. The number of nitrogens with zero attached hydrogens (tertiary/aromatic N) is 2. The molecule has 1 amide bonds. The van der Waals surface area contributed by atoms with Crippen molar-refractivity contribution in [3.63, 3.8) is 0 Å². The van der Waals surface area contributed by atoms with E-state index in [1.807, 2.05) is 18.3 Å². The van der Waals surface area contributed by atoms with Gasteiger partial charge in [0, 0.05) is 47.2 Å². The zero-order valence-corrected chi connectivity index (χ0v) is 27.9. The number of aromatic amines is 2. The fourth-order valence-electron chi connectivity index (χ4n) is 5.95. The van der Waals surface area contributed by atoms with Crippen molar-refractivity contribution < 1.29 is 9.59 Å². The third-order valence-electron chi connectivity index (χ3n) is 7.72. The number of benzene rings is 1. The van der Waals surface area contributed by atoms with Gasteiger partial charge in [-0.05, 0) is 85.9 Å². The van der Waals surface area contributed by atoms with Crippen molar-refractivity contribution in [2.24, 2.45) is 11.3 Å². The number of carbonyl (C=O) groups excluding carboxylic acids is 2. The summed E-state index contributed by atoms with van der Waals surface area (Å²) in [6.45, 7) is 14.3. The van der Waals surface area contributed by atoms with Crippen LogP contribution >= 0.6 is 23.2 Å². The minimum Gasteiger partial charge on any atom is -0.359 e. The van der Waals surface area contributed by atoms with Gasteiger partial charge in [0.2, 0.25) is 6.41 Å². The largest absolute Gasteiger partial charge is 0.359 e. The van der Waals surface area contributed by atoms with Gasteiger partial charge < -0.3 is 20.0 Å². The molecule has 0 aliphatic rings. The predicted molar refractivity (Wildman–Crippen MR) is 182 cm³/mol. The number of fused-ring (bicyclic) bond motifs is 1. The first kappa shape index (κ1) is 35.3. The van der Waals surface area contributed by atoms with E-state index in [0.717, 1.165) is 46.8 Å². The summed E-state index contributed by atoms with van der Waals surface area (Å²) >= 11 is 12.7. The first-order valence-electron chi connectivity index (χ1n) is 15.0. The van der Waals surface area contributed by atoms with Crippen LogP contribution in [0.2, 0.25) is 5.02 Å². The van der Waals surface area contributed by atoms with Crippen molar-refractivity contribution in [3.8, 4) is 0 Å². The average Bonchev–Trinajstić information content (AvgIpc) is 3.43. The number of carbonyl (C=O) groups is 2. The predicted octanol–water partition coefficient (Wildman–Crippen LogP) is 7.07. The average molecular weight is 643 g/mol. The van der Waals surface area contributed by atoms with Gasteiger partial charge in [-0.1, -0.05) is 63.0 Å². The number of pyridine rings is 1. The highest BCUT2D eigenvalue weighted by atomic mass is 35.5. The number of hydrogen-bond donors (Lipinski definition) is 3. The highest BCUT2D eigenvalue weighted by molar-refractivity contribution is 6.35. The molecule has 0 radical (unpaired) electrons. The van der Waals surface area contributed by atoms with Crippen molar-refractivity contribution in [1.29, 1.82) is 0 Å². The molecule has 3 rings (SSSR count). The summed E-state index contributed by atoms with van der Waals surface area (Å²) in [5, 5.41) is 12.1. The van der Waals surface area contributed by atoms with Crippen LogP contribution in [0, 0.1) is 11.3 Å². The van der Waals surface area contributed by atoms with Gasteiger partial charge in [0.15, 0.2) is 0 Å². The molecule has 0 fully saturated rings. The van der Waals surface area contributed by atoms with Gasteiger partial charge in [0.25, 0.3) is 5.56 Å². The van der Waals surface area contributed by atoms with E-state index in [0.29, 0.717) is 66.5 Å². The number of aromatic nitrogens is 3. The normalized spacial score (nSPS) is 13.7. The second kappa shape index (κ2) is 16.2. The Hall–Kier alpha value is -3.20. The Kier molecular flexibility index (Phi) is 13.0. The monoisotopic (exact) mass is 641 g/mol. The quantitative estimate of drug-likeness (QED) is 0.108. The third-order valence-corrected chi connectivity index (χ3v) is 8.13. The molecule has 44 heavy (non-hydrogen) atoms. The molecular weight excluding hydrogens is 597 g/mol. The van der Waals surface area contributed by atoms with Crippen molar-refractivity contribution in [2.45, 2.75) is 72.3 Å². The maximum atomic E-state index is 13.2. The Morgan fingerprint density at radius 1 is 1.20 bits per heavy atom. The summed E-state index contributed by atoms with van der Waals surface area (Å²) in [6.07, 6.45) is 10.1. The second-order valence-electron chi connectivity index (χ2n) is 12.8. The van der Waals surface area contributed by atoms with E-state index in [2.05, 4.69) is 59.8 Å². The Morgan fingerprint density at radius 3 is 2.59 bits per heavy atom. The van der Waals surface area contributed by atoms with Crippen molar-refractivity contribution in [1.82, 2.24) is 25.4 Å². The van der Waals surface area contributed by atoms with Crippen LogP contribution < -0.4 is 10.9 Å². The lowest BCUT2D eigenvalue weighted by Gasteiger charge is -2.28. The lowest BCUT2D eigenvalue weighted by atomic mass is 9.86. The van der Waals surface area contributed by atoms with Crippen LogP contribution in [-0.4, -0.2) is 52.9 Å². The number of allylic oxidation sites excluding steroid dienone is 1. The van der Waals surface area contributed by atoms with Crippen LogP contribution in [-0.2, 0) is 22.6 Å². The number of halogens is 2. The van der Waals surface area contributed by atoms with E-state index < -0.39 is 0 Å². The first-order valence-corrected chi connectivity index (χ1v) is 15.8. The molecule has 3 N–H and O–H groups in total. The fraction of sp³-hybridized carbons (Fsp3) is 0.471. The van der Waals surface area contributed by atoms with E-state index in [9.17, 15) is 14.4 Å². The van der Waals surface area contributed by atoms with E-state index in [1.165, 1.54) is 0 Å². The standard InChI is InChI=1S/C34H45Cl2N5O3/c1-7-24-15-27(33(44)39-31(24)13-22(2)35)25(11-12-37-21-43)10-8-9-23(19-42)14-26-16-30(36)32-28(17-38-40-32)29(26)18-41(6)20-34(3,4)5/h7,13,15-17,19,21,23,25H,1,8-12,14,18,20H2,2-6H3,(H,37,43)(H,38,40)(H,39,44)/b22-13+. The lowest BCUT2D eigenvalue weighted by molar-refractivity contribution is -0.111. The molecule has 238 valence electrons. The van der Waals surface area contributed by atoms with E-state index in [4.69, 9.17) is 23.2 Å². The van der Waals surface area contributed by atoms with Gasteiger partial charge in [-0.25, -0.2) is 0 Å². The number of aldehydes is 1. The summed E-state index contributed by atoms with van der Waals surface area (Å²) < 4.78 is 0. The van der Waals surface area contributed by atoms with Gasteiger partial charge >= 0.3 is 0 Å². The summed E-state index contributed by atoms with van der Waals surface area (Å²) in [5.74, 6) is -0.345. The summed E-state index contributed by atoms with van der Waals surface area (Å²) in [4.78, 5) is 41.7. The molecule has 1 aromatic carbocycles. The maximum Gasteiger partial charge on any atom is 0.251 e. The molecule has 0 bridgehead atoms. The van der Waals surface area contributed by atoms with Crippen LogP contribution in [0.5, 0.6) is 0 Å². The number of H-pyrrole nitrogens is 2. The van der Waals surface area contributed by atoms with Gasteiger partial charge in [0.1, 0.15) is 6.29 Å². The zero-order valence-electron chi connectivity index (χ0n) is 26.4. The molecule has 0 saturated heterocycles. The van der Waals surface area contributed by atoms with Crippen LogP contribution in [0.3, 0.4) is 0 Å². The van der Waals surface area contributed by atoms with E-state index in [-0.39, 0.29) is 22.8 Å². The smallest absolute Gasteiger partial charge is 0.251 e. The number of amides is 1. The molecule has 0 aliphatic carbocycles. The molecule has 10 heteroatoms. The van der Waals surface area contributed by atoms with Crippen LogP contribution in [0.1, 0.15) is 87.2 Å². The Bertz CT molecular complexity index is 1530. The molecule has 2 atom stereocenters. The van der Waals surface area contributed by atoms with E-state index >= 15 is 0 Å². The second-order valence-corrected chi connectivity index (χ2v) is 13.8. The Balaban J connectivity index is 1.82. The van der Waals surface area contributed by atoms with Crippen LogP contribution in [0.25, 0.3) is 23.1 Å². The lowest BCUT2D eigenvalue weighted by Crippen LogP contribution is -2.29. The summed E-state index contributed by atoms with van der Waals surface area (Å²) in [6, 6.07) is 3.81. The Morgan fingerprint density at radius 2 is 1.95 bits per heavy atom. The van der Waals surface area contributed by atoms with Gasteiger partial charge in [-0.2, -0.15) is 5.10 Å². The third kappa shape index (κ3) is 9.91. The number of rotatable bonds is 17. The number of hydrogen-bond acceptors (Lipinski definition) is 5. The zero-order chi connectivity index (χ0) is 32.4. The molecule has 2 unspecified atom stereocenters. The maximum absolute atomic E-state index is 13.2. The van der Waals surface area contributed by atoms with Gasteiger partial charge in [-0.3, -0.25) is 14.7 Å². The summed E-state index contributed by atoms with van der Waals surface area (Å²) in [5.41, 5.74) is 4.90. The first-order chi connectivity index (χ1) is 20.9. The highest BCUT2D eigenvalue weighted by Gasteiger charge is 2.22. The van der Waals surface area contributed by atoms with Crippen LogP contribution in [0.15, 0.2) is 34.7 Å². The molecule has 8 nitrogen and oxygen atoms in total. The van der Waals surface area contributed by atoms with Crippen molar-refractivity contribution in [2.75, 3.05) is 20.1 Å². The highest BCUT2D eigenvalue weighted by Crippen LogP contribution is 2.32. The molecule has 0 aliphatic heterocycles. The fourth-order valence-corrected chi connectivity index (χ4v) is 6.34. The van der Waals surface area contributed by atoms with Crippen LogP contribution in [0.4, 0.5) is 0 Å². The minimum atomic E-state index is -0.225. The topological polar surface area (TPSA) is 111 Å². The SMILES string of the molecule is C=Cc1cc(C(CCCC(C=O)Cc2cc(Cl)c3[nH]ncc3c2CN(C)CC(C)(C)C)CCNC=O)c(=O)[nH]c1/C=C(\C)Cl.